The van der Waals surface area contributed by atoms with Crippen LogP contribution in [0.4, 0.5) is 5.69 Å². The monoisotopic (exact) mass is 413 g/mol. The van der Waals surface area contributed by atoms with Crippen LogP contribution in [0.5, 0.6) is 0 Å². The topological polar surface area (TPSA) is 52.1 Å². The number of guanidine groups is 1. The van der Waals surface area contributed by atoms with Crippen molar-refractivity contribution in [1.29, 1.82) is 0 Å². The number of aliphatic imine (C=N–C) groups is 1. The minimum atomic E-state index is 0.316. The first kappa shape index (κ1) is 22.6. The molecule has 6 nitrogen and oxygen atoms in total. The Balaban J connectivity index is 1.47. The van der Waals surface area contributed by atoms with Crippen LogP contribution in [-0.4, -0.2) is 68.9 Å². The fourth-order valence-electron chi connectivity index (χ4n) is 3.94. The van der Waals surface area contributed by atoms with Gasteiger partial charge in [-0.2, -0.15) is 0 Å². The first-order chi connectivity index (χ1) is 14.6. The molecular formula is C24H39N5O. The highest BCUT2D eigenvalue weighted by Crippen LogP contribution is 2.19. The van der Waals surface area contributed by atoms with E-state index in [1.54, 1.807) is 0 Å². The number of hydrogen-bond donors (Lipinski definition) is 2. The maximum absolute atomic E-state index is 5.69. The Morgan fingerprint density at radius 1 is 1.20 bits per heavy atom. The second-order valence-corrected chi connectivity index (χ2v) is 8.42. The molecule has 6 heteroatoms. The smallest absolute Gasteiger partial charge is 0.191 e. The third-order valence-corrected chi connectivity index (χ3v) is 5.65. The van der Waals surface area contributed by atoms with Gasteiger partial charge in [-0.1, -0.05) is 24.3 Å². The summed E-state index contributed by atoms with van der Waals surface area (Å²) in [6.07, 6.45) is 7.05. The van der Waals surface area contributed by atoms with E-state index in [9.17, 15) is 0 Å². The highest BCUT2D eigenvalue weighted by molar-refractivity contribution is 5.80. The zero-order valence-electron chi connectivity index (χ0n) is 18.9. The van der Waals surface area contributed by atoms with Gasteiger partial charge in [0.05, 0.1) is 19.3 Å². The largest absolute Gasteiger partial charge is 0.377 e. The normalized spacial score (nSPS) is 18.4. The van der Waals surface area contributed by atoms with E-state index in [1.807, 2.05) is 0 Å². The lowest BCUT2D eigenvalue weighted by molar-refractivity contribution is 0.0532. The Morgan fingerprint density at radius 3 is 2.67 bits per heavy atom. The first-order valence-electron chi connectivity index (χ1n) is 11.5. The van der Waals surface area contributed by atoms with Crippen LogP contribution in [-0.2, 0) is 11.3 Å². The first-order valence-corrected chi connectivity index (χ1v) is 11.5. The molecule has 0 amide bonds. The van der Waals surface area contributed by atoms with Gasteiger partial charge in [-0.15, -0.1) is 0 Å². The summed E-state index contributed by atoms with van der Waals surface area (Å²) in [6, 6.07) is 9.23. The van der Waals surface area contributed by atoms with Gasteiger partial charge in [-0.05, 0) is 51.3 Å². The zero-order valence-corrected chi connectivity index (χ0v) is 18.9. The van der Waals surface area contributed by atoms with Gasteiger partial charge in [0.2, 0.25) is 0 Å². The number of rotatable bonds is 9. The lowest BCUT2D eigenvalue weighted by Crippen LogP contribution is -2.49. The Kier molecular flexibility index (Phi) is 9.02. The molecule has 0 aliphatic carbocycles. The number of ether oxygens (including phenoxy) is 1. The van der Waals surface area contributed by atoms with Gasteiger partial charge >= 0.3 is 0 Å². The zero-order chi connectivity index (χ0) is 21.2. The predicted octanol–water partition coefficient (Wildman–Crippen LogP) is 3.01. The molecule has 30 heavy (non-hydrogen) atoms. The Morgan fingerprint density at radius 2 is 1.97 bits per heavy atom. The molecule has 3 rings (SSSR count). The summed E-state index contributed by atoms with van der Waals surface area (Å²) >= 11 is 0. The van der Waals surface area contributed by atoms with Crippen LogP contribution in [0.3, 0.4) is 0 Å². The maximum Gasteiger partial charge on any atom is 0.191 e. The second kappa shape index (κ2) is 12.0. The molecule has 0 bridgehead atoms. The van der Waals surface area contributed by atoms with Crippen molar-refractivity contribution in [2.45, 2.75) is 52.3 Å². The minimum absolute atomic E-state index is 0.316. The fraction of sp³-hybridized carbons (Fsp3) is 0.625. The second-order valence-electron chi connectivity index (χ2n) is 8.42. The fourth-order valence-corrected chi connectivity index (χ4v) is 3.94. The average molecular weight is 414 g/mol. The molecule has 2 aliphatic rings. The molecule has 0 atom stereocenters. The Hall–Kier alpha value is -2.05. The van der Waals surface area contributed by atoms with Gasteiger partial charge in [0.1, 0.15) is 0 Å². The van der Waals surface area contributed by atoms with E-state index in [-0.39, 0.29) is 0 Å². The highest BCUT2D eigenvalue weighted by Gasteiger charge is 2.19. The molecule has 0 aromatic heterocycles. The quantitative estimate of drug-likeness (QED) is 0.370. The summed E-state index contributed by atoms with van der Waals surface area (Å²) in [6.45, 7) is 14.0. The predicted molar refractivity (Wildman–Crippen MR) is 126 cm³/mol. The van der Waals surface area contributed by atoms with Gasteiger partial charge in [0.15, 0.2) is 5.96 Å². The number of anilines is 1. The van der Waals surface area contributed by atoms with Crippen LogP contribution >= 0.6 is 0 Å². The molecule has 1 fully saturated rings. The average Bonchev–Trinajstić information content (AvgIpc) is 3.28. The summed E-state index contributed by atoms with van der Waals surface area (Å²) < 4.78 is 5.69. The molecule has 0 radical (unpaired) electrons. The molecule has 1 aromatic carbocycles. The number of benzene rings is 1. The molecule has 2 N–H and O–H groups in total. The van der Waals surface area contributed by atoms with E-state index in [0.717, 1.165) is 64.7 Å². The van der Waals surface area contributed by atoms with Crippen LogP contribution in [0, 0.1) is 0 Å². The number of nitrogens with zero attached hydrogens (tertiary/aromatic N) is 3. The van der Waals surface area contributed by atoms with E-state index < -0.39 is 0 Å². The van der Waals surface area contributed by atoms with E-state index in [1.165, 1.54) is 11.3 Å². The number of hydrogen-bond acceptors (Lipinski definition) is 4. The van der Waals surface area contributed by atoms with Gasteiger partial charge < -0.3 is 25.2 Å². The van der Waals surface area contributed by atoms with Crippen LogP contribution in [0.2, 0.25) is 0 Å². The van der Waals surface area contributed by atoms with Crippen LogP contribution < -0.4 is 15.5 Å². The molecule has 1 aromatic rings. The summed E-state index contributed by atoms with van der Waals surface area (Å²) in [5.74, 6) is 0.923. The summed E-state index contributed by atoms with van der Waals surface area (Å²) in [5.41, 5.74) is 2.52. The minimum Gasteiger partial charge on any atom is -0.377 e. The van der Waals surface area contributed by atoms with Crippen LogP contribution in [0.1, 0.15) is 39.2 Å². The lowest BCUT2D eigenvalue weighted by atomic mass is 10.1. The van der Waals surface area contributed by atoms with Gasteiger partial charge in [-0.25, -0.2) is 4.99 Å². The Labute approximate surface area is 182 Å². The molecular weight excluding hydrogens is 374 g/mol. The van der Waals surface area contributed by atoms with Crippen LogP contribution in [0.25, 0.3) is 0 Å². The van der Waals surface area contributed by atoms with E-state index in [0.29, 0.717) is 18.7 Å². The van der Waals surface area contributed by atoms with Crippen molar-refractivity contribution < 1.29 is 4.74 Å². The Bertz CT molecular complexity index is 687. The molecule has 0 spiro atoms. The molecule has 2 aliphatic heterocycles. The van der Waals surface area contributed by atoms with E-state index in [4.69, 9.17) is 9.73 Å². The SMILES string of the molecule is CCNC(=NCc1cccc(N2CC=CC2)c1)NC1CCN(CCOC(C)C)CC1. The van der Waals surface area contributed by atoms with Crippen molar-refractivity contribution in [2.75, 3.05) is 50.8 Å². The maximum atomic E-state index is 5.69. The van der Waals surface area contributed by atoms with Crippen molar-refractivity contribution in [3.05, 3.63) is 42.0 Å². The standard InChI is InChI=1S/C24H39N5O/c1-4-25-24(27-22-10-14-28(15-11-22)16-17-30-20(2)3)26-19-21-8-7-9-23(18-21)29-12-5-6-13-29/h5-9,18,20,22H,4,10-17,19H2,1-3H3,(H2,25,26,27). The van der Waals surface area contributed by atoms with Crippen molar-refractivity contribution in [2.24, 2.45) is 4.99 Å². The number of likely N-dealkylation sites (tertiary alicyclic amines) is 1. The molecule has 0 unspecified atom stereocenters. The van der Waals surface area contributed by atoms with Gasteiger partial charge in [0, 0.05) is 51.0 Å². The van der Waals surface area contributed by atoms with Crippen molar-refractivity contribution in [1.82, 2.24) is 15.5 Å². The van der Waals surface area contributed by atoms with Crippen molar-refractivity contribution >= 4 is 11.6 Å². The van der Waals surface area contributed by atoms with E-state index >= 15 is 0 Å². The third-order valence-electron chi connectivity index (χ3n) is 5.65. The molecule has 0 saturated carbocycles. The van der Waals surface area contributed by atoms with Crippen molar-refractivity contribution in [3.63, 3.8) is 0 Å². The summed E-state index contributed by atoms with van der Waals surface area (Å²) in [4.78, 5) is 9.74. The molecule has 1 saturated heterocycles. The highest BCUT2D eigenvalue weighted by atomic mass is 16.5. The van der Waals surface area contributed by atoms with Crippen molar-refractivity contribution in [3.8, 4) is 0 Å². The molecule has 166 valence electrons. The summed E-state index contributed by atoms with van der Waals surface area (Å²) in [5, 5.41) is 7.06. The van der Waals surface area contributed by atoms with E-state index in [2.05, 4.69) is 77.6 Å². The number of piperidine rings is 1. The third kappa shape index (κ3) is 7.33. The van der Waals surface area contributed by atoms with Crippen LogP contribution in [0.15, 0.2) is 41.4 Å². The number of nitrogens with one attached hydrogen (secondary N) is 2. The van der Waals surface area contributed by atoms with Gasteiger partial charge in [-0.3, -0.25) is 0 Å². The lowest BCUT2D eigenvalue weighted by Gasteiger charge is -2.33. The summed E-state index contributed by atoms with van der Waals surface area (Å²) in [7, 11) is 0. The molecule has 2 heterocycles. The van der Waals surface area contributed by atoms with Gasteiger partial charge in [0.25, 0.3) is 0 Å².